The van der Waals surface area contributed by atoms with Gasteiger partial charge < -0.3 is 9.84 Å². The second-order valence-corrected chi connectivity index (χ2v) is 9.66. The van der Waals surface area contributed by atoms with Crippen molar-refractivity contribution in [3.63, 3.8) is 0 Å². The van der Waals surface area contributed by atoms with Crippen molar-refractivity contribution in [3.8, 4) is 0 Å². The van der Waals surface area contributed by atoms with Gasteiger partial charge in [0.05, 0.1) is 24.1 Å². The molecule has 0 radical (unpaired) electrons. The summed E-state index contributed by atoms with van der Waals surface area (Å²) in [5.41, 5.74) is 3.04. The van der Waals surface area contributed by atoms with Gasteiger partial charge in [0.25, 0.3) is 11.7 Å². The molecule has 1 aromatic heterocycles. The molecule has 2 heterocycles. The second kappa shape index (κ2) is 10.5. The predicted octanol–water partition coefficient (Wildman–Crippen LogP) is 5.27. The van der Waals surface area contributed by atoms with Crippen LogP contribution in [-0.2, 0) is 25.5 Å². The van der Waals surface area contributed by atoms with Gasteiger partial charge >= 0.3 is 5.97 Å². The molecule has 3 aromatic rings. The zero-order valence-corrected chi connectivity index (χ0v) is 21.7. The van der Waals surface area contributed by atoms with Gasteiger partial charge in [0, 0.05) is 28.1 Å². The number of Topliss-reactive ketones (excluding diaryl/α,β-unsaturated/α-hetero) is 1. The van der Waals surface area contributed by atoms with Crippen LogP contribution in [0, 0.1) is 6.92 Å². The average Bonchev–Trinajstić information content (AvgIpc) is 3.11. The third-order valence-corrected chi connectivity index (χ3v) is 6.70. The summed E-state index contributed by atoms with van der Waals surface area (Å²) in [6.07, 6.45) is 3.04. The molecule has 1 atom stereocenters. The maximum absolute atomic E-state index is 13.3. The highest BCUT2D eigenvalue weighted by atomic mass is 79.9. The third-order valence-electron chi connectivity index (χ3n) is 5.81. The van der Waals surface area contributed by atoms with Gasteiger partial charge in [-0.15, -0.1) is 0 Å². The molecule has 1 fully saturated rings. The van der Waals surface area contributed by atoms with Crippen LogP contribution in [0.4, 0.5) is 5.69 Å². The summed E-state index contributed by atoms with van der Waals surface area (Å²) in [6.45, 7) is 5.44. The molecule has 184 valence electrons. The van der Waals surface area contributed by atoms with Crippen LogP contribution in [0.2, 0.25) is 0 Å². The number of aliphatic hydroxyl groups is 1. The lowest BCUT2D eigenvalue weighted by Crippen LogP contribution is -2.29. The number of hydrogen-bond donors (Lipinski definition) is 1. The van der Waals surface area contributed by atoms with E-state index in [-0.39, 0.29) is 29.8 Å². The highest BCUT2D eigenvalue weighted by molar-refractivity contribution is 9.10. The number of benzene rings is 2. The topological polar surface area (TPSA) is 96.8 Å². The Morgan fingerprint density at radius 2 is 1.86 bits per heavy atom. The molecule has 1 saturated heterocycles. The van der Waals surface area contributed by atoms with Crippen LogP contribution in [0.1, 0.15) is 42.1 Å². The minimum atomic E-state index is -0.876. The van der Waals surface area contributed by atoms with Gasteiger partial charge in [-0.25, -0.2) is 0 Å². The first-order valence-electron chi connectivity index (χ1n) is 11.4. The van der Waals surface area contributed by atoms with Crippen molar-refractivity contribution in [1.82, 2.24) is 4.98 Å². The van der Waals surface area contributed by atoms with Crippen LogP contribution < -0.4 is 4.90 Å². The van der Waals surface area contributed by atoms with E-state index in [1.165, 1.54) is 4.90 Å². The SMILES string of the molecule is Cc1cc(/C(O)=C2/C(=O)C(=O)N(c3ccc(CC(=O)OC(C)C)cc3)C2c2cccnc2)ccc1Br. The summed E-state index contributed by atoms with van der Waals surface area (Å²) in [6, 6.07) is 14.6. The van der Waals surface area contributed by atoms with Gasteiger partial charge in [-0.3, -0.25) is 24.3 Å². The Hall–Kier alpha value is -3.78. The molecule has 0 spiro atoms. The Morgan fingerprint density at radius 3 is 2.47 bits per heavy atom. The van der Waals surface area contributed by atoms with Crippen molar-refractivity contribution < 1.29 is 24.2 Å². The lowest BCUT2D eigenvalue weighted by Gasteiger charge is -2.25. The minimum absolute atomic E-state index is 0.0145. The molecule has 36 heavy (non-hydrogen) atoms. The van der Waals surface area contributed by atoms with E-state index in [2.05, 4.69) is 20.9 Å². The summed E-state index contributed by atoms with van der Waals surface area (Å²) in [5.74, 6) is -2.15. The van der Waals surface area contributed by atoms with E-state index in [1.54, 1.807) is 80.8 Å². The van der Waals surface area contributed by atoms with E-state index >= 15 is 0 Å². The van der Waals surface area contributed by atoms with Crippen LogP contribution in [0.3, 0.4) is 0 Å². The van der Waals surface area contributed by atoms with E-state index in [1.807, 2.05) is 6.92 Å². The van der Waals surface area contributed by atoms with Gasteiger partial charge in [-0.05, 0) is 67.8 Å². The number of ether oxygens (including phenoxy) is 1. The Kier molecular flexibility index (Phi) is 7.35. The van der Waals surface area contributed by atoms with Gasteiger partial charge in [0.2, 0.25) is 0 Å². The van der Waals surface area contributed by atoms with Crippen molar-refractivity contribution in [2.45, 2.75) is 39.3 Å². The number of amides is 1. The first kappa shape index (κ1) is 25.3. The minimum Gasteiger partial charge on any atom is -0.507 e. The van der Waals surface area contributed by atoms with Gasteiger partial charge in [-0.2, -0.15) is 0 Å². The lowest BCUT2D eigenvalue weighted by atomic mass is 9.95. The normalized spacial score (nSPS) is 17.0. The number of hydrogen-bond acceptors (Lipinski definition) is 6. The Labute approximate surface area is 217 Å². The number of pyridine rings is 1. The third kappa shape index (κ3) is 5.09. The molecule has 0 saturated carbocycles. The number of carbonyl (C=O) groups is 3. The number of rotatable bonds is 6. The number of aromatic nitrogens is 1. The number of aryl methyl sites for hydroxylation is 1. The highest BCUT2D eigenvalue weighted by Gasteiger charge is 2.47. The first-order valence-corrected chi connectivity index (χ1v) is 12.2. The zero-order valence-electron chi connectivity index (χ0n) is 20.1. The molecule has 1 aliphatic rings. The van der Waals surface area contributed by atoms with Crippen LogP contribution in [-0.4, -0.2) is 33.9 Å². The lowest BCUT2D eigenvalue weighted by molar-refractivity contribution is -0.146. The molecule has 1 aliphatic heterocycles. The number of nitrogens with zero attached hydrogens (tertiary/aromatic N) is 2. The predicted molar refractivity (Wildman–Crippen MR) is 139 cm³/mol. The summed E-state index contributed by atoms with van der Waals surface area (Å²) in [7, 11) is 0. The molecule has 0 aliphatic carbocycles. The number of esters is 1. The molecular formula is C28H25BrN2O5. The van der Waals surface area contributed by atoms with E-state index in [0.29, 0.717) is 22.4 Å². The number of anilines is 1. The number of carbonyl (C=O) groups excluding carboxylic acids is 3. The van der Waals surface area contributed by atoms with Crippen molar-refractivity contribution >= 4 is 45.0 Å². The summed E-state index contributed by atoms with van der Waals surface area (Å²) >= 11 is 3.44. The van der Waals surface area contributed by atoms with Crippen LogP contribution in [0.5, 0.6) is 0 Å². The Morgan fingerprint density at radius 1 is 1.14 bits per heavy atom. The first-order chi connectivity index (χ1) is 17.2. The fourth-order valence-electron chi connectivity index (χ4n) is 4.15. The largest absolute Gasteiger partial charge is 0.507 e. The Bertz CT molecular complexity index is 1350. The monoisotopic (exact) mass is 548 g/mol. The smallest absolute Gasteiger partial charge is 0.310 e. The zero-order chi connectivity index (χ0) is 26.0. The number of halogens is 1. The fourth-order valence-corrected chi connectivity index (χ4v) is 4.39. The molecule has 1 unspecified atom stereocenters. The molecule has 1 N–H and O–H groups in total. The fraction of sp³-hybridized carbons (Fsp3) is 0.214. The maximum atomic E-state index is 13.3. The summed E-state index contributed by atoms with van der Waals surface area (Å²) in [5, 5.41) is 11.2. The van der Waals surface area contributed by atoms with Crippen LogP contribution in [0.15, 0.2) is 77.0 Å². The maximum Gasteiger partial charge on any atom is 0.310 e. The average molecular weight is 549 g/mol. The van der Waals surface area contributed by atoms with Crippen molar-refractivity contribution in [3.05, 3.63) is 99.3 Å². The standard InChI is InChI=1S/C28H25BrN2O5/c1-16(2)36-23(32)14-18-6-9-21(10-7-18)31-25(20-5-4-12-30-15-20)24(27(34)28(31)35)26(33)19-8-11-22(29)17(3)13-19/h4-13,15-16,25,33H,14H2,1-3H3/b26-24-. The second-order valence-electron chi connectivity index (χ2n) is 8.80. The van der Waals surface area contributed by atoms with Gasteiger partial charge in [0.1, 0.15) is 5.76 Å². The Balaban J connectivity index is 1.77. The number of aliphatic hydroxyl groups excluding tert-OH is 1. The molecule has 8 heteroatoms. The quantitative estimate of drug-likeness (QED) is 0.195. The number of ketones is 1. The van der Waals surface area contributed by atoms with Crippen molar-refractivity contribution in [2.24, 2.45) is 0 Å². The van der Waals surface area contributed by atoms with Crippen molar-refractivity contribution in [1.29, 1.82) is 0 Å². The highest BCUT2D eigenvalue weighted by Crippen LogP contribution is 2.42. The summed E-state index contributed by atoms with van der Waals surface area (Å²) < 4.78 is 6.06. The van der Waals surface area contributed by atoms with E-state index in [9.17, 15) is 19.5 Å². The molecule has 7 nitrogen and oxygen atoms in total. The molecule has 0 bridgehead atoms. The van der Waals surface area contributed by atoms with E-state index in [0.717, 1.165) is 10.0 Å². The van der Waals surface area contributed by atoms with Gasteiger partial charge in [-0.1, -0.05) is 40.2 Å². The van der Waals surface area contributed by atoms with Crippen LogP contribution >= 0.6 is 15.9 Å². The summed E-state index contributed by atoms with van der Waals surface area (Å²) in [4.78, 5) is 44.1. The molecular weight excluding hydrogens is 524 g/mol. The molecule has 4 rings (SSSR count). The van der Waals surface area contributed by atoms with Gasteiger partial charge in [0.15, 0.2) is 0 Å². The van der Waals surface area contributed by atoms with E-state index in [4.69, 9.17) is 4.74 Å². The molecule has 1 amide bonds. The van der Waals surface area contributed by atoms with Crippen LogP contribution in [0.25, 0.3) is 5.76 Å². The van der Waals surface area contributed by atoms with E-state index < -0.39 is 17.7 Å². The van der Waals surface area contributed by atoms with Crippen molar-refractivity contribution in [2.75, 3.05) is 4.90 Å². The molecule has 2 aromatic carbocycles.